The van der Waals surface area contributed by atoms with Crippen molar-refractivity contribution >= 4 is 20.2 Å². The van der Waals surface area contributed by atoms with Crippen LogP contribution in [0.5, 0.6) is 0 Å². The van der Waals surface area contributed by atoms with Crippen LogP contribution >= 0.6 is 0 Å². The normalized spacial score (nSPS) is 35.1. The van der Waals surface area contributed by atoms with Crippen molar-refractivity contribution in [2.24, 2.45) is 0 Å². The summed E-state index contributed by atoms with van der Waals surface area (Å²) < 4.78 is 76.5. The third kappa shape index (κ3) is 5.59. The van der Waals surface area contributed by atoms with Gasteiger partial charge in [0.1, 0.15) is 12.2 Å². The van der Waals surface area contributed by atoms with Gasteiger partial charge in [-0.25, -0.2) is 0 Å². The van der Waals surface area contributed by atoms with E-state index in [4.69, 9.17) is 27.3 Å². The minimum atomic E-state index is -3.74. The molecule has 144 valence electrons. The Labute approximate surface area is 142 Å². The van der Waals surface area contributed by atoms with E-state index in [0.717, 1.165) is 12.5 Å². The first kappa shape index (κ1) is 21.7. The summed E-state index contributed by atoms with van der Waals surface area (Å²) in [6.45, 7) is 2.26. The number of hydrogen-bond donors (Lipinski definition) is 0. The van der Waals surface area contributed by atoms with E-state index < -0.39 is 57.2 Å². The van der Waals surface area contributed by atoms with Crippen molar-refractivity contribution in [1.29, 1.82) is 0 Å². The molecule has 4 unspecified atom stereocenters. The molecule has 1 aliphatic rings. The van der Waals surface area contributed by atoms with Crippen molar-refractivity contribution in [2.75, 3.05) is 39.9 Å². The van der Waals surface area contributed by atoms with E-state index in [0.29, 0.717) is 0 Å². The van der Waals surface area contributed by atoms with Gasteiger partial charge in [-0.2, -0.15) is 16.8 Å². The zero-order chi connectivity index (χ0) is 18.8. The standard InChI is InChI=1S/C12H24O10S2/c1-11(17-3)12(2,18-4)22-10(8-20-24(6,15)16)9(21-11)7-19-23(5,13)14/h9-10H,7-8H2,1-6H3. The fourth-order valence-electron chi connectivity index (χ4n) is 2.07. The third-order valence-corrected chi connectivity index (χ3v) is 4.79. The highest BCUT2D eigenvalue weighted by Gasteiger charge is 2.57. The lowest BCUT2D eigenvalue weighted by atomic mass is 10.0. The topological polar surface area (TPSA) is 124 Å². The lowest BCUT2D eigenvalue weighted by Gasteiger charge is -2.51. The van der Waals surface area contributed by atoms with Crippen LogP contribution < -0.4 is 0 Å². The molecule has 0 N–H and O–H groups in total. The second-order valence-electron chi connectivity index (χ2n) is 5.59. The van der Waals surface area contributed by atoms with Crippen molar-refractivity contribution in [2.45, 2.75) is 37.6 Å². The van der Waals surface area contributed by atoms with Crippen LogP contribution in [0, 0.1) is 0 Å². The second kappa shape index (κ2) is 7.50. The van der Waals surface area contributed by atoms with Crippen LogP contribution in [0.1, 0.15) is 13.8 Å². The van der Waals surface area contributed by atoms with Crippen LogP contribution in [0.15, 0.2) is 0 Å². The van der Waals surface area contributed by atoms with Crippen LogP contribution in [0.2, 0.25) is 0 Å². The van der Waals surface area contributed by atoms with E-state index in [-0.39, 0.29) is 0 Å². The minimum Gasteiger partial charge on any atom is -0.349 e. The van der Waals surface area contributed by atoms with Crippen LogP contribution in [0.4, 0.5) is 0 Å². The van der Waals surface area contributed by atoms with Crippen molar-refractivity contribution < 1.29 is 44.1 Å². The van der Waals surface area contributed by atoms with Gasteiger partial charge in [0.05, 0.1) is 25.7 Å². The summed E-state index contributed by atoms with van der Waals surface area (Å²) in [5.74, 6) is -2.79. The quantitative estimate of drug-likeness (QED) is 0.497. The van der Waals surface area contributed by atoms with E-state index in [1.807, 2.05) is 0 Å². The fraction of sp³-hybridized carbons (Fsp3) is 1.00. The highest BCUT2D eigenvalue weighted by atomic mass is 32.2. The summed E-state index contributed by atoms with van der Waals surface area (Å²) >= 11 is 0. The molecule has 1 rings (SSSR count). The summed E-state index contributed by atoms with van der Waals surface area (Å²) in [6.07, 6.45) is -0.190. The molecule has 10 nitrogen and oxygen atoms in total. The Hall–Kier alpha value is -0.340. The molecule has 0 saturated carbocycles. The van der Waals surface area contributed by atoms with Gasteiger partial charge in [-0.15, -0.1) is 0 Å². The maximum atomic E-state index is 11.2. The van der Waals surface area contributed by atoms with Crippen molar-refractivity contribution in [3.63, 3.8) is 0 Å². The summed E-state index contributed by atoms with van der Waals surface area (Å²) in [5, 5.41) is 0. The van der Waals surface area contributed by atoms with Gasteiger partial charge in [0, 0.05) is 14.2 Å². The number of rotatable bonds is 8. The average molecular weight is 392 g/mol. The van der Waals surface area contributed by atoms with E-state index >= 15 is 0 Å². The SMILES string of the molecule is COC1(C)OC(COS(C)(=O)=O)C(COS(C)(=O)=O)OC1(C)OC. The Morgan fingerprint density at radius 1 is 0.792 bits per heavy atom. The molecular weight excluding hydrogens is 368 g/mol. The van der Waals surface area contributed by atoms with Crippen molar-refractivity contribution in [1.82, 2.24) is 0 Å². The first-order valence-corrected chi connectivity index (χ1v) is 10.5. The Morgan fingerprint density at radius 3 is 1.29 bits per heavy atom. The molecule has 1 heterocycles. The summed E-state index contributed by atoms with van der Waals surface area (Å²) in [4.78, 5) is 0. The van der Waals surface area contributed by atoms with Gasteiger partial charge in [-0.3, -0.25) is 8.37 Å². The van der Waals surface area contributed by atoms with Gasteiger partial charge in [0.15, 0.2) is 0 Å². The molecule has 4 atom stereocenters. The molecule has 1 saturated heterocycles. The molecule has 0 amide bonds. The highest BCUT2D eigenvalue weighted by Crippen LogP contribution is 2.39. The Morgan fingerprint density at radius 2 is 1.08 bits per heavy atom. The van der Waals surface area contributed by atoms with Crippen LogP contribution in [-0.4, -0.2) is 80.6 Å². The van der Waals surface area contributed by atoms with E-state index in [1.54, 1.807) is 0 Å². The maximum absolute atomic E-state index is 11.2. The first-order chi connectivity index (χ1) is 10.8. The van der Waals surface area contributed by atoms with Crippen LogP contribution in [0.3, 0.4) is 0 Å². The summed E-state index contributed by atoms with van der Waals surface area (Å²) in [5.41, 5.74) is 0. The Kier molecular flexibility index (Phi) is 6.78. The summed E-state index contributed by atoms with van der Waals surface area (Å²) in [6, 6.07) is 0. The summed E-state index contributed by atoms with van der Waals surface area (Å²) in [7, 11) is -4.74. The maximum Gasteiger partial charge on any atom is 0.264 e. The molecule has 1 aliphatic heterocycles. The van der Waals surface area contributed by atoms with Gasteiger partial charge in [0.2, 0.25) is 11.6 Å². The monoisotopic (exact) mass is 392 g/mol. The van der Waals surface area contributed by atoms with Gasteiger partial charge in [0.25, 0.3) is 20.2 Å². The van der Waals surface area contributed by atoms with Gasteiger partial charge < -0.3 is 18.9 Å². The highest BCUT2D eigenvalue weighted by molar-refractivity contribution is 7.86. The molecule has 12 heteroatoms. The first-order valence-electron chi connectivity index (χ1n) is 6.90. The minimum absolute atomic E-state index is 0.407. The zero-order valence-electron chi connectivity index (χ0n) is 14.5. The van der Waals surface area contributed by atoms with Crippen LogP contribution in [0.25, 0.3) is 0 Å². The van der Waals surface area contributed by atoms with E-state index in [1.165, 1.54) is 28.1 Å². The van der Waals surface area contributed by atoms with E-state index in [9.17, 15) is 16.8 Å². The molecule has 0 spiro atoms. The van der Waals surface area contributed by atoms with E-state index in [2.05, 4.69) is 0 Å². The molecular formula is C12H24O10S2. The zero-order valence-corrected chi connectivity index (χ0v) is 16.1. The largest absolute Gasteiger partial charge is 0.349 e. The predicted octanol–water partition coefficient (Wildman–Crippen LogP) is -0.552. The molecule has 0 aromatic rings. The second-order valence-corrected chi connectivity index (χ2v) is 8.88. The predicted molar refractivity (Wildman–Crippen MR) is 82.2 cm³/mol. The van der Waals surface area contributed by atoms with Gasteiger partial charge in [-0.05, 0) is 13.8 Å². The van der Waals surface area contributed by atoms with Crippen molar-refractivity contribution in [3.8, 4) is 0 Å². The average Bonchev–Trinajstić information content (AvgIpc) is 2.44. The number of ether oxygens (including phenoxy) is 4. The smallest absolute Gasteiger partial charge is 0.264 e. The molecule has 0 aromatic heterocycles. The molecule has 24 heavy (non-hydrogen) atoms. The number of methoxy groups -OCH3 is 2. The molecule has 1 fully saturated rings. The lowest BCUT2D eigenvalue weighted by Crippen LogP contribution is -2.66. The third-order valence-electron chi connectivity index (χ3n) is 3.66. The Balaban J connectivity index is 3.04. The van der Waals surface area contributed by atoms with Crippen molar-refractivity contribution in [3.05, 3.63) is 0 Å². The molecule has 0 aromatic carbocycles. The van der Waals surface area contributed by atoms with Crippen LogP contribution in [-0.2, 0) is 47.5 Å². The lowest BCUT2D eigenvalue weighted by molar-refractivity contribution is -0.450. The fourth-order valence-corrected chi connectivity index (χ4v) is 2.84. The number of hydrogen-bond acceptors (Lipinski definition) is 10. The molecule has 0 radical (unpaired) electrons. The Bertz CT molecular complexity index is 574. The molecule has 0 aliphatic carbocycles. The van der Waals surface area contributed by atoms with Gasteiger partial charge in [-0.1, -0.05) is 0 Å². The van der Waals surface area contributed by atoms with Gasteiger partial charge >= 0.3 is 0 Å². The molecule has 0 bridgehead atoms.